The molecule has 0 aromatic heterocycles. The van der Waals surface area contributed by atoms with Crippen molar-refractivity contribution >= 4 is 63.9 Å². The van der Waals surface area contributed by atoms with Crippen molar-refractivity contribution in [3.05, 3.63) is 63.1 Å². The number of Topliss-reactive ketones (excluding diaryl/α,β-unsaturated/α-hetero) is 4. The Balaban J connectivity index is 1.80. The maximum absolute atomic E-state index is 14.1. The van der Waals surface area contributed by atoms with Crippen LogP contribution in [0.2, 0.25) is 10.0 Å². The van der Waals surface area contributed by atoms with Crippen LogP contribution in [0.5, 0.6) is 5.75 Å². The fourth-order valence-electron chi connectivity index (χ4n) is 6.45. The van der Waals surface area contributed by atoms with Crippen molar-refractivity contribution < 1.29 is 39.3 Å². The van der Waals surface area contributed by atoms with Crippen LogP contribution < -0.4 is 5.73 Å². The number of fused-ring (bicyclic) bond motifs is 3. The minimum atomic E-state index is -3.09. The van der Waals surface area contributed by atoms with E-state index in [1.165, 1.54) is 49.3 Å². The van der Waals surface area contributed by atoms with Gasteiger partial charge in [0.05, 0.1) is 39.6 Å². The maximum atomic E-state index is 14.1. The van der Waals surface area contributed by atoms with Crippen molar-refractivity contribution in [3.8, 4) is 5.75 Å². The highest BCUT2D eigenvalue weighted by atomic mass is 35.5. The Morgan fingerprint density at radius 1 is 1.05 bits per heavy atom. The molecule has 0 radical (unpaired) electrons. The highest BCUT2D eigenvalue weighted by Gasteiger charge is 2.72. The number of hydrogen-bond donors (Lipinski definition) is 4. The topological polar surface area (TPSA) is 175 Å². The minimum absolute atomic E-state index is 0.207. The van der Waals surface area contributed by atoms with Crippen LogP contribution in [0.3, 0.4) is 0 Å². The fraction of sp³-hybridized carbons (Fsp3) is 0.321. The zero-order valence-corrected chi connectivity index (χ0v) is 22.7. The zero-order valence-electron chi connectivity index (χ0n) is 21.2. The first-order chi connectivity index (χ1) is 18.7. The van der Waals surface area contributed by atoms with E-state index < -0.39 is 76.2 Å². The second-order valence-corrected chi connectivity index (χ2v) is 11.3. The molecule has 2 aromatic rings. The lowest BCUT2D eigenvalue weighted by atomic mass is 9.50. The summed E-state index contributed by atoms with van der Waals surface area (Å²) in [6.45, 7) is 0. The lowest BCUT2D eigenvalue weighted by Gasteiger charge is -2.55. The number of carbonyl (C=O) groups excluding carboxylic acids is 5. The van der Waals surface area contributed by atoms with Crippen molar-refractivity contribution in [1.29, 1.82) is 0 Å². The predicted molar refractivity (Wildman–Crippen MR) is 143 cm³/mol. The number of likely N-dealkylation sites (N-methyl/N-ethyl adjacent to an activating group) is 1. The van der Waals surface area contributed by atoms with Gasteiger partial charge in [0, 0.05) is 5.92 Å². The van der Waals surface area contributed by atoms with Gasteiger partial charge >= 0.3 is 0 Å². The van der Waals surface area contributed by atoms with Gasteiger partial charge < -0.3 is 21.1 Å². The number of amides is 1. The van der Waals surface area contributed by atoms with Gasteiger partial charge in [0.1, 0.15) is 5.75 Å². The molecule has 12 heteroatoms. The van der Waals surface area contributed by atoms with Gasteiger partial charge in [0.2, 0.25) is 5.91 Å². The standard InChI is InChI=1S/C28H24Cl2N2O8/c1-32(2)21-20-23(35)17-12(8-10-6-7-13(29)14(30)9-10)11-4-3-5-15(33)16(11)22(34)18(17)25(37)28(20,40)26(38)19(24(21)36)27(31)39/h3-9,17-21,23,33,35,40H,1-2H3,(H2,31,39). The third-order valence-electron chi connectivity index (χ3n) is 8.14. The van der Waals surface area contributed by atoms with Gasteiger partial charge in [-0.1, -0.05) is 47.5 Å². The highest BCUT2D eigenvalue weighted by molar-refractivity contribution is 6.42. The van der Waals surface area contributed by atoms with Gasteiger partial charge in [0.15, 0.2) is 34.7 Å². The van der Waals surface area contributed by atoms with Crippen molar-refractivity contribution in [3.63, 3.8) is 0 Å². The Hall–Kier alpha value is -3.41. The molecule has 1 amide bonds. The van der Waals surface area contributed by atoms with Crippen molar-refractivity contribution in [1.82, 2.24) is 4.90 Å². The Kier molecular flexibility index (Phi) is 6.75. The lowest BCUT2D eigenvalue weighted by molar-refractivity contribution is -0.192. The Morgan fingerprint density at radius 2 is 1.73 bits per heavy atom. The molecule has 0 spiro atoms. The van der Waals surface area contributed by atoms with E-state index in [0.29, 0.717) is 5.56 Å². The number of phenols is 1. The molecule has 0 aliphatic heterocycles. The van der Waals surface area contributed by atoms with E-state index >= 15 is 0 Å². The summed E-state index contributed by atoms with van der Waals surface area (Å²) in [5.74, 6) is -13.6. The van der Waals surface area contributed by atoms with Crippen molar-refractivity contribution in [2.45, 2.75) is 17.7 Å². The van der Waals surface area contributed by atoms with Gasteiger partial charge in [-0.05, 0) is 49.0 Å². The number of benzene rings is 2. The molecule has 7 unspecified atom stereocenters. The molecule has 40 heavy (non-hydrogen) atoms. The molecule has 2 fully saturated rings. The molecule has 208 valence electrons. The fourth-order valence-corrected chi connectivity index (χ4v) is 6.76. The average molecular weight is 587 g/mol. The van der Waals surface area contributed by atoms with Gasteiger partial charge in [-0.15, -0.1) is 0 Å². The largest absolute Gasteiger partial charge is 0.507 e. The minimum Gasteiger partial charge on any atom is -0.507 e. The first kappa shape index (κ1) is 28.1. The van der Waals surface area contributed by atoms with E-state index in [4.69, 9.17) is 28.9 Å². The molecule has 0 heterocycles. The molecule has 3 aliphatic rings. The number of hydrogen-bond acceptors (Lipinski definition) is 9. The number of halogens is 2. The number of nitrogens with zero attached hydrogens (tertiary/aromatic N) is 1. The van der Waals surface area contributed by atoms with Crippen LogP contribution in [0.25, 0.3) is 11.6 Å². The smallest absolute Gasteiger partial charge is 0.235 e. The Morgan fingerprint density at radius 3 is 2.33 bits per heavy atom. The zero-order chi connectivity index (χ0) is 29.4. The number of aliphatic hydroxyl groups excluding tert-OH is 1. The van der Waals surface area contributed by atoms with E-state index in [0.717, 1.165) is 0 Å². The molecule has 0 saturated heterocycles. The molecule has 0 bridgehead atoms. The average Bonchev–Trinajstić information content (AvgIpc) is 2.87. The van der Waals surface area contributed by atoms with E-state index in [1.54, 1.807) is 12.1 Å². The molecule has 7 atom stereocenters. The van der Waals surface area contributed by atoms with E-state index in [1.807, 2.05) is 0 Å². The number of carbonyl (C=O) groups is 5. The summed E-state index contributed by atoms with van der Waals surface area (Å²) in [5.41, 5.74) is 2.91. The highest BCUT2D eigenvalue weighted by Crippen LogP contribution is 2.54. The first-order valence-corrected chi connectivity index (χ1v) is 13.0. The predicted octanol–water partition coefficient (Wildman–Crippen LogP) is 1.14. The second kappa shape index (κ2) is 9.60. The second-order valence-electron chi connectivity index (χ2n) is 10.5. The van der Waals surface area contributed by atoms with Crippen LogP contribution in [0.4, 0.5) is 0 Å². The molecule has 10 nitrogen and oxygen atoms in total. The summed E-state index contributed by atoms with van der Waals surface area (Å²) in [6, 6.07) is 7.41. The summed E-state index contributed by atoms with van der Waals surface area (Å²) in [4.78, 5) is 68.2. The van der Waals surface area contributed by atoms with Crippen LogP contribution in [-0.4, -0.2) is 81.1 Å². The number of rotatable bonds is 3. The summed E-state index contributed by atoms with van der Waals surface area (Å²) >= 11 is 12.2. The van der Waals surface area contributed by atoms with Gasteiger partial charge in [0.25, 0.3) is 0 Å². The summed E-state index contributed by atoms with van der Waals surface area (Å²) < 4.78 is 0. The van der Waals surface area contributed by atoms with Crippen LogP contribution in [0, 0.1) is 23.7 Å². The molecule has 3 aliphatic carbocycles. The van der Waals surface area contributed by atoms with Gasteiger partial charge in [-0.3, -0.25) is 28.9 Å². The number of aliphatic hydroxyl groups is 2. The summed E-state index contributed by atoms with van der Waals surface area (Å²) in [5, 5.41) is 34.7. The molecular weight excluding hydrogens is 563 g/mol. The number of aromatic hydroxyl groups is 1. The summed E-state index contributed by atoms with van der Waals surface area (Å²) in [6.07, 6.45) is -0.260. The quantitative estimate of drug-likeness (QED) is 0.384. The van der Waals surface area contributed by atoms with Crippen LogP contribution in [-0.2, 0) is 19.2 Å². The van der Waals surface area contributed by atoms with E-state index in [2.05, 4.69) is 0 Å². The number of primary amides is 1. The first-order valence-electron chi connectivity index (χ1n) is 12.2. The van der Waals surface area contributed by atoms with Gasteiger partial charge in [-0.25, -0.2) is 0 Å². The van der Waals surface area contributed by atoms with Gasteiger partial charge in [-0.2, -0.15) is 0 Å². The third kappa shape index (κ3) is 3.78. The number of ketones is 4. The summed E-state index contributed by atoms with van der Waals surface area (Å²) in [7, 11) is 2.85. The lowest BCUT2D eigenvalue weighted by Crippen LogP contribution is -2.77. The van der Waals surface area contributed by atoms with Crippen LogP contribution >= 0.6 is 23.2 Å². The third-order valence-corrected chi connectivity index (χ3v) is 8.88. The van der Waals surface area contributed by atoms with Crippen LogP contribution in [0.15, 0.2) is 36.4 Å². The van der Waals surface area contributed by atoms with Crippen molar-refractivity contribution in [2.24, 2.45) is 29.4 Å². The normalized spacial score (nSPS) is 32.6. The molecule has 5 N–H and O–H groups in total. The maximum Gasteiger partial charge on any atom is 0.235 e. The number of nitrogens with two attached hydrogens (primary N) is 1. The van der Waals surface area contributed by atoms with E-state index in [9.17, 15) is 39.3 Å². The molecule has 5 rings (SSSR count). The Bertz CT molecular complexity index is 1550. The number of phenolic OH excluding ortho intramolecular Hbond substituents is 1. The van der Waals surface area contributed by atoms with Crippen molar-refractivity contribution in [2.75, 3.05) is 14.1 Å². The Labute approximate surface area is 238 Å². The van der Waals surface area contributed by atoms with E-state index in [-0.39, 0.29) is 26.7 Å². The van der Waals surface area contributed by atoms with Crippen LogP contribution in [0.1, 0.15) is 21.5 Å². The molecular formula is C28H24Cl2N2O8. The SMILES string of the molecule is CN(C)C1C(=O)C(C(N)=O)C(=O)C2(O)C(=O)C3C(=O)c4c(O)cccc4C(=Cc4ccc(Cl)c(Cl)c4)C3C(O)C12. The molecule has 2 saturated carbocycles. The molecule has 2 aromatic carbocycles. The monoisotopic (exact) mass is 586 g/mol.